The smallest absolute Gasteiger partial charge is 0.343 e. The molecule has 0 atom stereocenters. The SMILES string of the molecule is O=C(CNC(=O)c1cccc2ccccc12)N/N=C/c1c(OC(=O)c2ccc(Cl)cc2)ccc2ccccc12. The van der Waals surface area contributed by atoms with Gasteiger partial charge < -0.3 is 10.1 Å². The van der Waals surface area contributed by atoms with E-state index in [0.717, 1.165) is 21.5 Å². The average Bonchev–Trinajstić information content (AvgIpc) is 2.96. The molecule has 0 spiro atoms. The Balaban J connectivity index is 1.29. The van der Waals surface area contributed by atoms with Gasteiger partial charge in [0, 0.05) is 16.1 Å². The molecule has 0 bridgehead atoms. The first-order valence-electron chi connectivity index (χ1n) is 12.1. The minimum absolute atomic E-state index is 0.270. The van der Waals surface area contributed by atoms with Gasteiger partial charge in [-0.1, -0.05) is 78.3 Å². The summed E-state index contributed by atoms with van der Waals surface area (Å²) in [5.41, 5.74) is 3.75. The van der Waals surface area contributed by atoms with Crippen LogP contribution >= 0.6 is 11.6 Å². The van der Waals surface area contributed by atoms with Crippen LogP contribution in [0.5, 0.6) is 5.75 Å². The summed E-state index contributed by atoms with van der Waals surface area (Å²) < 4.78 is 5.66. The van der Waals surface area contributed by atoms with E-state index < -0.39 is 11.9 Å². The highest BCUT2D eigenvalue weighted by atomic mass is 35.5. The predicted molar refractivity (Wildman–Crippen MR) is 152 cm³/mol. The Bertz CT molecular complexity index is 1730. The molecule has 39 heavy (non-hydrogen) atoms. The number of hydrogen-bond donors (Lipinski definition) is 2. The summed E-state index contributed by atoms with van der Waals surface area (Å²) in [6.07, 6.45) is 1.41. The molecule has 0 heterocycles. The van der Waals surface area contributed by atoms with E-state index in [-0.39, 0.29) is 18.2 Å². The Morgan fingerprint density at radius 1 is 0.769 bits per heavy atom. The molecule has 8 heteroatoms. The lowest BCUT2D eigenvalue weighted by molar-refractivity contribution is -0.120. The molecule has 5 aromatic carbocycles. The van der Waals surface area contributed by atoms with Gasteiger partial charge in [0.25, 0.3) is 11.8 Å². The van der Waals surface area contributed by atoms with Gasteiger partial charge in [-0.2, -0.15) is 5.10 Å². The number of ether oxygens (including phenoxy) is 1. The second kappa shape index (κ2) is 11.6. The highest BCUT2D eigenvalue weighted by molar-refractivity contribution is 6.30. The predicted octanol–water partition coefficient (Wildman–Crippen LogP) is 5.75. The zero-order valence-electron chi connectivity index (χ0n) is 20.6. The van der Waals surface area contributed by atoms with Gasteiger partial charge >= 0.3 is 5.97 Å². The van der Waals surface area contributed by atoms with Crippen LogP contribution in [0.3, 0.4) is 0 Å². The minimum atomic E-state index is -0.559. The minimum Gasteiger partial charge on any atom is -0.422 e. The molecule has 2 amide bonds. The van der Waals surface area contributed by atoms with Crippen molar-refractivity contribution in [3.05, 3.63) is 125 Å². The lowest BCUT2D eigenvalue weighted by atomic mass is 10.0. The quantitative estimate of drug-likeness (QED) is 0.120. The van der Waals surface area contributed by atoms with Gasteiger partial charge in [-0.05, 0) is 57.9 Å². The van der Waals surface area contributed by atoms with Gasteiger partial charge in [0.15, 0.2) is 0 Å². The number of benzene rings is 5. The fourth-order valence-corrected chi connectivity index (χ4v) is 4.26. The molecule has 0 unspecified atom stereocenters. The Hall–Kier alpha value is -5.01. The molecule has 0 aliphatic rings. The number of hydrazone groups is 1. The normalized spacial score (nSPS) is 11.0. The molecule has 0 aliphatic heterocycles. The number of nitrogens with zero attached hydrogens (tertiary/aromatic N) is 1. The monoisotopic (exact) mass is 535 g/mol. The van der Waals surface area contributed by atoms with Crippen molar-refractivity contribution >= 4 is 57.1 Å². The highest BCUT2D eigenvalue weighted by Gasteiger charge is 2.14. The molecule has 0 aromatic heterocycles. The molecule has 0 fully saturated rings. The van der Waals surface area contributed by atoms with E-state index in [4.69, 9.17) is 16.3 Å². The van der Waals surface area contributed by atoms with Crippen molar-refractivity contribution in [3.8, 4) is 5.75 Å². The Morgan fingerprint density at radius 3 is 2.21 bits per heavy atom. The van der Waals surface area contributed by atoms with E-state index in [9.17, 15) is 14.4 Å². The first-order chi connectivity index (χ1) is 19.0. The summed E-state index contributed by atoms with van der Waals surface area (Å²) in [4.78, 5) is 37.9. The third-order valence-electron chi connectivity index (χ3n) is 6.04. The number of amides is 2. The van der Waals surface area contributed by atoms with Crippen LogP contribution < -0.4 is 15.5 Å². The van der Waals surface area contributed by atoms with Crippen molar-refractivity contribution in [2.75, 3.05) is 6.54 Å². The van der Waals surface area contributed by atoms with Crippen molar-refractivity contribution in [3.63, 3.8) is 0 Å². The number of fused-ring (bicyclic) bond motifs is 2. The fraction of sp³-hybridized carbons (Fsp3) is 0.0323. The second-order valence-electron chi connectivity index (χ2n) is 8.60. The summed E-state index contributed by atoms with van der Waals surface area (Å²) in [5, 5.41) is 10.6. The van der Waals surface area contributed by atoms with Gasteiger partial charge in [-0.3, -0.25) is 9.59 Å². The topological polar surface area (TPSA) is 96.9 Å². The van der Waals surface area contributed by atoms with E-state index in [1.165, 1.54) is 6.21 Å². The van der Waals surface area contributed by atoms with Crippen molar-refractivity contribution in [2.24, 2.45) is 5.10 Å². The van der Waals surface area contributed by atoms with Gasteiger partial charge in [0.2, 0.25) is 0 Å². The van der Waals surface area contributed by atoms with Crippen LogP contribution in [-0.2, 0) is 4.79 Å². The van der Waals surface area contributed by atoms with Gasteiger partial charge in [-0.25, -0.2) is 10.2 Å². The lowest BCUT2D eigenvalue weighted by Gasteiger charge is -2.11. The van der Waals surface area contributed by atoms with Crippen LogP contribution in [0.1, 0.15) is 26.3 Å². The number of esters is 1. The molecule has 5 rings (SSSR count). The Labute approximate surface area is 229 Å². The molecule has 0 aliphatic carbocycles. The van der Waals surface area contributed by atoms with Crippen LogP contribution in [0, 0.1) is 0 Å². The Morgan fingerprint density at radius 2 is 1.44 bits per heavy atom. The van der Waals surface area contributed by atoms with Crippen molar-refractivity contribution in [1.82, 2.24) is 10.7 Å². The Kier molecular flexibility index (Phi) is 7.61. The summed E-state index contributed by atoms with van der Waals surface area (Å²) >= 11 is 5.92. The molecule has 0 saturated heterocycles. The molecule has 0 saturated carbocycles. The third kappa shape index (κ3) is 5.95. The maximum Gasteiger partial charge on any atom is 0.343 e. The zero-order valence-corrected chi connectivity index (χ0v) is 21.3. The van der Waals surface area contributed by atoms with Crippen molar-refractivity contribution < 1.29 is 19.1 Å². The van der Waals surface area contributed by atoms with E-state index >= 15 is 0 Å². The van der Waals surface area contributed by atoms with Crippen LogP contribution in [0.2, 0.25) is 5.02 Å². The average molecular weight is 536 g/mol. The summed E-state index contributed by atoms with van der Waals surface area (Å²) in [6, 6.07) is 30.3. The number of carbonyl (C=O) groups is 3. The van der Waals surface area contributed by atoms with Gasteiger partial charge in [0.1, 0.15) is 5.75 Å². The van der Waals surface area contributed by atoms with E-state index in [2.05, 4.69) is 15.8 Å². The van der Waals surface area contributed by atoms with Crippen LogP contribution in [-0.4, -0.2) is 30.5 Å². The summed E-state index contributed by atoms with van der Waals surface area (Å²) in [7, 11) is 0. The maximum atomic E-state index is 12.7. The van der Waals surface area contributed by atoms with Crippen LogP contribution in [0.4, 0.5) is 0 Å². The molecule has 7 nitrogen and oxygen atoms in total. The molecule has 0 radical (unpaired) electrons. The van der Waals surface area contributed by atoms with E-state index in [1.54, 1.807) is 42.5 Å². The second-order valence-corrected chi connectivity index (χ2v) is 9.03. The largest absolute Gasteiger partial charge is 0.422 e. The number of nitrogens with one attached hydrogen (secondary N) is 2. The van der Waals surface area contributed by atoms with Crippen LogP contribution in [0.25, 0.3) is 21.5 Å². The van der Waals surface area contributed by atoms with Crippen LogP contribution in [0.15, 0.2) is 108 Å². The third-order valence-corrected chi connectivity index (χ3v) is 6.29. The number of halogens is 1. The highest BCUT2D eigenvalue weighted by Crippen LogP contribution is 2.27. The fourth-order valence-electron chi connectivity index (χ4n) is 4.13. The number of hydrogen-bond acceptors (Lipinski definition) is 5. The zero-order chi connectivity index (χ0) is 27.2. The molecule has 2 N–H and O–H groups in total. The first-order valence-corrected chi connectivity index (χ1v) is 12.4. The summed E-state index contributed by atoms with van der Waals surface area (Å²) in [5.74, 6) is -1.16. The van der Waals surface area contributed by atoms with Crippen molar-refractivity contribution in [1.29, 1.82) is 0 Å². The summed E-state index contributed by atoms with van der Waals surface area (Å²) in [6.45, 7) is -0.270. The number of carbonyl (C=O) groups excluding carboxylic acids is 3. The molecular formula is C31H22ClN3O4. The first kappa shape index (κ1) is 25.6. The molecule has 5 aromatic rings. The van der Waals surface area contributed by atoms with Crippen molar-refractivity contribution in [2.45, 2.75) is 0 Å². The lowest BCUT2D eigenvalue weighted by Crippen LogP contribution is -2.35. The molecule has 192 valence electrons. The van der Waals surface area contributed by atoms with E-state index in [1.807, 2.05) is 60.7 Å². The molecular weight excluding hydrogens is 514 g/mol. The van der Waals surface area contributed by atoms with Gasteiger partial charge in [-0.15, -0.1) is 0 Å². The number of rotatable bonds is 7. The van der Waals surface area contributed by atoms with E-state index in [0.29, 0.717) is 21.7 Å². The maximum absolute atomic E-state index is 12.7. The standard InChI is InChI=1S/C31H22ClN3O4/c32-23-15-12-22(13-16-23)31(38)39-28-17-14-21-7-2-4-10-25(21)27(28)18-34-35-29(36)19-33-30(37)26-11-5-8-20-6-1-3-9-24(20)26/h1-18H,19H2,(H,33,37)(H,35,36)/b34-18+. The van der Waals surface area contributed by atoms with Gasteiger partial charge in [0.05, 0.1) is 18.3 Å².